The van der Waals surface area contributed by atoms with E-state index >= 15 is 0 Å². The van der Waals surface area contributed by atoms with Gasteiger partial charge in [0, 0.05) is 30.6 Å². The van der Waals surface area contributed by atoms with E-state index in [-0.39, 0.29) is 17.6 Å². The summed E-state index contributed by atoms with van der Waals surface area (Å²) in [4.78, 5) is 27.7. The van der Waals surface area contributed by atoms with Crippen LogP contribution in [0.5, 0.6) is 0 Å². The van der Waals surface area contributed by atoms with Crippen molar-refractivity contribution in [2.45, 2.75) is 37.3 Å². The first-order valence-corrected chi connectivity index (χ1v) is 11.7. The van der Waals surface area contributed by atoms with Crippen LogP contribution in [-0.4, -0.2) is 61.6 Å². The van der Waals surface area contributed by atoms with E-state index < -0.39 is 6.04 Å². The predicted molar refractivity (Wildman–Crippen MR) is 125 cm³/mol. The maximum atomic E-state index is 13.1. The van der Waals surface area contributed by atoms with Crippen LogP contribution in [-0.2, 0) is 9.53 Å². The zero-order chi connectivity index (χ0) is 23.9. The van der Waals surface area contributed by atoms with Gasteiger partial charge in [0.1, 0.15) is 11.9 Å². The molecule has 1 saturated carbocycles. The number of hydrogen-bond acceptors (Lipinski definition) is 5. The van der Waals surface area contributed by atoms with E-state index in [0.717, 1.165) is 24.9 Å². The van der Waals surface area contributed by atoms with Crippen LogP contribution in [0.1, 0.15) is 46.7 Å². The third kappa shape index (κ3) is 6.19. The van der Waals surface area contributed by atoms with E-state index in [9.17, 15) is 14.0 Å². The number of halogens is 1. The molecule has 0 spiro atoms. The van der Waals surface area contributed by atoms with Gasteiger partial charge in [0.2, 0.25) is 5.91 Å². The first-order valence-electron chi connectivity index (χ1n) is 11.7. The summed E-state index contributed by atoms with van der Waals surface area (Å²) < 4.78 is 18.5. The Morgan fingerprint density at radius 3 is 2.50 bits per heavy atom. The molecule has 1 aliphatic heterocycles. The van der Waals surface area contributed by atoms with Gasteiger partial charge >= 0.3 is 0 Å². The molecule has 2 aromatic rings. The Kier molecular flexibility index (Phi) is 7.88. The van der Waals surface area contributed by atoms with Crippen LogP contribution in [0, 0.1) is 17.1 Å². The largest absolute Gasteiger partial charge is 0.378 e. The van der Waals surface area contributed by atoms with Crippen LogP contribution in [0.2, 0.25) is 0 Å². The molecule has 2 aromatic carbocycles. The Balaban J connectivity index is 1.30. The van der Waals surface area contributed by atoms with E-state index in [1.807, 2.05) is 18.2 Å². The fraction of sp³-hybridized carbons (Fsp3) is 0.423. The number of ether oxygens (including phenoxy) is 1. The van der Waals surface area contributed by atoms with Crippen molar-refractivity contribution in [2.75, 3.05) is 32.8 Å². The number of benzene rings is 2. The molecule has 1 heterocycles. The number of hydrogen-bond donors (Lipinski definition) is 2. The normalized spacial score (nSPS) is 20.3. The molecule has 7 nitrogen and oxygen atoms in total. The van der Waals surface area contributed by atoms with Crippen molar-refractivity contribution >= 4 is 11.8 Å². The maximum Gasteiger partial charge on any atom is 0.251 e. The fourth-order valence-electron chi connectivity index (χ4n) is 4.29. The quantitative estimate of drug-likeness (QED) is 0.557. The molecule has 4 rings (SSSR count). The summed E-state index contributed by atoms with van der Waals surface area (Å²) in [7, 11) is 0. The highest BCUT2D eigenvalue weighted by atomic mass is 19.1. The van der Waals surface area contributed by atoms with Crippen LogP contribution in [0.25, 0.3) is 0 Å². The van der Waals surface area contributed by atoms with Gasteiger partial charge in [-0.1, -0.05) is 12.1 Å². The van der Waals surface area contributed by atoms with Gasteiger partial charge in [-0.2, -0.15) is 5.26 Å². The van der Waals surface area contributed by atoms with Gasteiger partial charge in [-0.05, 0) is 67.8 Å². The molecule has 1 saturated heterocycles. The molecule has 0 radical (unpaired) electrons. The average Bonchev–Trinajstić information content (AvgIpc) is 3.66. The molecule has 0 aromatic heterocycles. The highest BCUT2D eigenvalue weighted by Gasteiger charge is 2.37. The van der Waals surface area contributed by atoms with Gasteiger partial charge in [0.25, 0.3) is 5.91 Å². The monoisotopic (exact) mass is 464 g/mol. The fourth-order valence-corrected chi connectivity index (χ4v) is 4.29. The Morgan fingerprint density at radius 1 is 1.12 bits per heavy atom. The number of nitrogens with zero attached hydrogens (tertiary/aromatic N) is 2. The molecular weight excluding hydrogens is 435 g/mol. The highest BCUT2D eigenvalue weighted by molar-refractivity contribution is 5.97. The molecule has 8 heteroatoms. The Bertz CT molecular complexity index is 1030. The van der Waals surface area contributed by atoms with Crippen LogP contribution >= 0.6 is 0 Å². The molecule has 2 amide bonds. The predicted octanol–water partition coefficient (Wildman–Crippen LogP) is 2.58. The lowest BCUT2D eigenvalue weighted by Crippen LogP contribution is -2.52. The number of carbonyl (C=O) groups excluding carboxylic acids is 2. The number of rotatable bonds is 9. The van der Waals surface area contributed by atoms with E-state index in [0.29, 0.717) is 55.8 Å². The highest BCUT2D eigenvalue weighted by Crippen LogP contribution is 2.40. The minimum Gasteiger partial charge on any atom is -0.378 e. The van der Waals surface area contributed by atoms with Crippen molar-refractivity contribution in [3.8, 4) is 6.07 Å². The molecule has 1 aliphatic carbocycles. The van der Waals surface area contributed by atoms with Crippen molar-refractivity contribution in [3.63, 3.8) is 0 Å². The molecule has 2 N–H and O–H groups in total. The van der Waals surface area contributed by atoms with Crippen molar-refractivity contribution in [1.29, 1.82) is 5.26 Å². The zero-order valence-corrected chi connectivity index (χ0v) is 19.0. The lowest BCUT2D eigenvalue weighted by atomic mass is 10.1. The second kappa shape index (κ2) is 11.2. The first-order chi connectivity index (χ1) is 16.5. The molecular formula is C26H29FN4O3. The summed E-state index contributed by atoms with van der Waals surface area (Å²) in [6.45, 7) is 2.75. The second-order valence-corrected chi connectivity index (χ2v) is 8.75. The maximum absolute atomic E-state index is 13.1. The smallest absolute Gasteiger partial charge is 0.251 e. The summed E-state index contributed by atoms with van der Waals surface area (Å²) >= 11 is 0. The van der Waals surface area contributed by atoms with Crippen molar-refractivity contribution in [3.05, 3.63) is 71.0 Å². The van der Waals surface area contributed by atoms with E-state index in [1.165, 1.54) is 12.1 Å². The van der Waals surface area contributed by atoms with Crippen molar-refractivity contribution in [2.24, 2.45) is 0 Å². The summed E-state index contributed by atoms with van der Waals surface area (Å²) in [5.41, 5.74) is 2.02. The van der Waals surface area contributed by atoms with Gasteiger partial charge < -0.3 is 20.3 Å². The molecule has 0 bridgehead atoms. The minimum absolute atomic E-state index is 0.0964. The lowest BCUT2D eigenvalue weighted by molar-refractivity contribution is -0.137. The summed E-state index contributed by atoms with van der Waals surface area (Å²) in [5, 5.41) is 15.4. The lowest BCUT2D eigenvalue weighted by Gasteiger charge is -2.31. The Morgan fingerprint density at radius 2 is 1.82 bits per heavy atom. The second-order valence-electron chi connectivity index (χ2n) is 8.75. The topological polar surface area (TPSA) is 94.5 Å². The third-order valence-electron chi connectivity index (χ3n) is 6.37. The number of carbonyl (C=O) groups is 2. The molecule has 178 valence electrons. The van der Waals surface area contributed by atoms with Crippen LogP contribution < -0.4 is 10.6 Å². The minimum atomic E-state index is -0.629. The first kappa shape index (κ1) is 23.9. The van der Waals surface area contributed by atoms with Gasteiger partial charge in [-0.15, -0.1) is 0 Å². The van der Waals surface area contributed by atoms with E-state index in [1.54, 1.807) is 29.2 Å². The third-order valence-corrected chi connectivity index (χ3v) is 6.37. The van der Waals surface area contributed by atoms with Crippen LogP contribution in [0.15, 0.2) is 48.5 Å². The summed E-state index contributed by atoms with van der Waals surface area (Å²) in [6, 6.07) is 14.8. The van der Waals surface area contributed by atoms with Crippen LogP contribution in [0.3, 0.4) is 0 Å². The number of nitrogens with one attached hydrogen (secondary N) is 2. The van der Waals surface area contributed by atoms with Gasteiger partial charge in [0.15, 0.2) is 0 Å². The van der Waals surface area contributed by atoms with Gasteiger partial charge in [0.05, 0.1) is 24.8 Å². The SMILES string of the molecule is N#Cc1ccc(C(=O)N[C@@H](CCCN[C@@H]2C[C@H]2c2ccc(F)cc2)C(=O)N2CCOCC2)cc1. The molecule has 3 atom stereocenters. The molecule has 0 unspecified atom stereocenters. The van der Waals surface area contributed by atoms with Gasteiger partial charge in [-0.25, -0.2) is 4.39 Å². The zero-order valence-electron chi connectivity index (χ0n) is 19.0. The molecule has 2 fully saturated rings. The Labute approximate surface area is 198 Å². The number of nitriles is 1. The molecule has 34 heavy (non-hydrogen) atoms. The number of morpholine rings is 1. The van der Waals surface area contributed by atoms with E-state index in [4.69, 9.17) is 10.00 Å². The van der Waals surface area contributed by atoms with Crippen molar-refractivity contribution in [1.82, 2.24) is 15.5 Å². The molecule has 2 aliphatic rings. The Hall–Kier alpha value is -3.28. The van der Waals surface area contributed by atoms with E-state index in [2.05, 4.69) is 10.6 Å². The van der Waals surface area contributed by atoms with Crippen LogP contribution in [0.4, 0.5) is 4.39 Å². The standard InChI is InChI=1S/C26H29FN4O3/c27-21-9-7-19(8-10-21)22-16-24(22)29-11-1-2-23(26(33)31-12-14-34-15-13-31)30-25(32)20-5-3-18(17-28)4-6-20/h3-10,22-24,29H,1-2,11-16H2,(H,30,32)/t22-,23-,24+/m0/s1. The van der Waals surface area contributed by atoms with Crippen molar-refractivity contribution < 1.29 is 18.7 Å². The number of amides is 2. The summed E-state index contributed by atoms with van der Waals surface area (Å²) in [5.74, 6) is -0.265. The van der Waals surface area contributed by atoms with Gasteiger partial charge in [-0.3, -0.25) is 9.59 Å². The average molecular weight is 465 g/mol. The summed E-state index contributed by atoms with van der Waals surface area (Å²) in [6.07, 6.45) is 2.25.